The average Bonchev–Trinajstić information content (AvgIpc) is 2.38. The summed E-state index contributed by atoms with van der Waals surface area (Å²) in [5, 5.41) is 18.2. The number of aliphatic carboxylic acids is 1. The van der Waals surface area contributed by atoms with Gasteiger partial charge in [0.15, 0.2) is 0 Å². The van der Waals surface area contributed by atoms with Gasteiger partial charge in [-0.15, -0.1) is 0 Å². The fourth-order valence-electron chi connectivity index (χ4n) is 2.33. The molecule has 1 unspecified atom stereocenters. The second kappa shape index (κ2) is 6.14. The van der Waals surface area contributed by atoms with Crippen molar-refractivity contribution in [3.8, 4) is 6.07 Å². The number of nitriles is 1. The Bertz CT molecular complexity index is 498. The molecule has 6 nitrogen and oxygen atoms in total. The zero-order chi connectivity index (χ0) is 13.7. The molecule has 1 aromatic rings. The number of nitrogens with zero attached hydrogens (tertiary/aromatic N) is 4. The molecule has 0 aliphatic carbocycles. The topological polar surface area (TPSA) is 90.1 Å². The van der Waals surface area contributed by atoms with E-state index in [-0.39, 0.29) is 5.69 Å². The van der Waals surface area contributed by atoms with Crippen LogP contribution < -0.4 is 4.90 Å². The molecular weight excluding hydrogens is 244 g/mol. The normalized spacial score (nSPS) is 20.2. The summed E-state index contributed by atoms with van der Waals surface area (Å²) in [7, 11) is 0. The zero-order valence-electron chi connectivity index (χ0n) is 10.6. The van der Waals surface area contributed by atoms with E-state index >= 15 is 0 Å². The van der Waals surface area contributed by atoms with Gasteiger partial charge in [-0.3, -0.25) is 0 Å². The molecule has 0 spiro atoms. The van der Waals surface area contributed by atoms with Crippen molar-refractivity contribution in [2.75, 3.05) is 11.4 Å². The Morgan fingerprint density at radius 2 is 2.21 bits per heavy atom. The van der Waals surface area contributed by atoms with E-state index in [1.54, 1.807) is 4.90 Å². The molecule has 0 amide bonds. The van der Waals surface area contributed by atoms with Crippen LogP contribution in [0.15, 0.2) is 12.3 Å². The number of anilines is 1. The van der Waals surface area contributed by atoms with Crippen molar-refractivity contribution < 1.29 is 9.90 Å². The molecule has 2 rings (SSSR count). The molecular formula is C13H16N4O2. The Kier molecular flexibility index (Phi) is 4.29. The summed E-state index contributed by atoms with van der Waals surface area (Å²) in [5.74, 6) is -0.513. The second-order valence-corrected chi connectivity index (χ2v) is 4.60. The van der Waals surface area contributed by atoms with Crippen molar-refractivity contribution in [2.45, 2.75) is 38.1 Å². The molecule has 0 bridgehead atoms. The van der Waals surface area contributed by atoms with Gasteiger partial charge < -0.3 is 10.0 Å². The van der Waals surface area contributed by atoms with Crippen molar-refractivity contribution in [3.05, 3.63) is 18.0 Å². The molecule has 2 heterocycles. The molecule has 1 aliphatic heterocycles. The van der Waals surface area contributed by atoms with Gasteiger partial charge >= 0.3 is 5.97 Å². The first-order valence-corrected chi connectivity index (χ1v) is 6.45. The third-order valence-electron chi connectivity index (χ3n) is 3.30. The van der Waals surface area contributed by atoms with Gasteiger partial charge in [-0.2, -0.15) is 5.26 Å². The molecule has 1 fully saturated rings. The smallest absolute Gasteiger partial charge is 0.326 e. The number of carboxylic acid groups (broad SMARTS) is 1. The van der Waals surface area contributed by atoms with Crippen LogP contribution in [0.2, 0.25) is 0 Å². The summed E-state index contributed by atoms with van der Waals surface area (Å²) in [6.45, 7) is 0.617. The van der Waals surface area contributed by atoms with Crippen LogP contribution in [0.3, 0.4) is 0 Å². The van der Waals surface area contributed by atoms with E-state index in [0.29, 0.717) is 18.9 Å². The molecule has 19 heavy (non-hydrogen) atoms. The van der Waals surface area contributed by atoms with Crippen molar-refractivity contribution in [2.24, 2.45) is 0 Å². The fraction of sp³-hybridized carbons (Fsp3) is 0.538. The van der Waals surface area contributed by atoms with E-state index < -0.39 is 12.0 Å². The maximum atomic E-state index is 11.4. The van der Waals surface area contributed by atoms with E-state index in [4.69, 9.17) is 5.26 Å². The van der Waals surface area contributed by atoms with Crippen molar-refractivity contribution in [1.82, 2.24) is 9.97 Å². The molecule has 0 saturated carbocycles. The van der Waals surface area contributed by atoms with Gasteiger partial charge in [0.2, 0.25) is 5.95 Å². The summed E-state index contributed by atoms with van der Waals surface area (Å²) in [6.07, 6.45) is 6.06. The predicted molar refractivity (Wildman–Crippen MR) is 68.6 cm³/mol. The SMILES string of the molecule is N#Cc1ccnc(N2CCCCCCC2C(=O)O)n1. The summed E-state index contributed by atoms with van der Waals surface area (Å²) < 4.78 is 0. The maximum absolute atomic E-state index is 11.4. The summed E-state index contributed by atoms with van der Waals surface area (Å²) >= 11 is 0. The van der Waals surface area contributed by atoms with Crippen molar-refractivity contribution in [1.29, 1.82) is 5.26 Å². The minimum absolute atomic E-state index is 0.260. The van der Waals surface area contributed by atoms with Gasteiger partial charge in [0.05, 0.1) is 0 Å². The van der Waals surface area contributed by atoms with Gasteiger partial charge in [-0.1, -0.05) is 19.3 Å². The quantitative estimate of drug-likeness (QED) is 0.868. The van der Waals surface area contributed by atoms with Crippen LogP contribution in [0.1, 0.15) is 37.8 Å². The molecule has 1 atom stereocenters. The van der Waals surface area contributed by atoms with Crippen molar-refractivity contribution >= 4 is 11.9 Å². The van der Waals surface area contributed by atoms with Crippen LogP contribution in [0, 0.1) is 11.3 Å². The third kappa shape index (κ3) is 3.19. The maximum Gasteiger partial charge on any atom is 0.326 e. The van der Waals surface area contributed by atoms with E-state index in [1.165, 1.54) is 12.3 Å². The largest absolute Gasteiger partial charge is 0.480 e. The first-order chi connectivity index (χ1) is 9.22. The van der Waals surface area contributed by atoms with E-state index in [2.05, 4.69) is 9.97 Å². The first-order valence-electron chi connectivity index (χ1n) is 6.45. The lowest BCUT2D eigenvalue weighted by atomic mass is 10.0. The lowest BCUT2D eigenvalue weighted by Gasteiger charge is -2.30. The molecule has 1 N–H and O–H groups in total. The number of hydrogen-bond donors (Lipinski definition) is 1. The highest BCUT2D eigenvalue weighted by molar-refractivity contribution is 5.77. The number of carboxylic acids is 1. The molecule has 0 aromatic carbocycles. The number of hydrogen-bond acceptors (Lipinski definition) is 5. The van der Waals surface area contributed by atoms with Crippen molar-refractivity contribution in [3.63, 3.8) is 0 Å². The monoisotopic (exact) mass is 260 g/mol. The Hall–Kier alpha value is -2.16. The van der Waals surface area contributed by atoms with Crippen LogP contribution in [0.5, 0.6) is 0 Å². The van der Waals surface area contributed by atoms with Gasteiger partial charge in [0.25, 0.3) is 0 Å². The first kappa shape index (κ1) is 13.3. The lowest BCUT2D eigenvalue weighted by Crippen LogP contribution is -2.43. The number of rotatable bonds is 2. The molecule has 6 heteroatoms. The number of carbonyl (C=O) groups is 1. The standard InChI is InChI=1S/C13H16N4O2/c14-9-10-6-7-15-13(16-10)17-8-4-2-1-3-5-11(17)12(18)19/h6-7,11H,1-5,8H2,(H,18,19). The second-order valence-electron chi connectivity index (χ2n) is 4.60. The minimum atomic E-state index is -0.854. The minimum Gasteiger partial charge on any atom is -0.480 e. The highest BCUT2D eigenvalue weighted by Gasteiger charge is 2.28. The number of aromatic nitrogens is 2. The van der Waals surface area contributed by atoms with Gasteiger partial charge in [0, 0.05) is 12.7 Å². The summed E-state index contributed by atoms with van der Waals surface area (Å²) in [4.78, 5) is 21.3. The highest BCUT2D eigenvalue weighted by Crippen LogP contribution is 2.21. The Morgan fingerprint density at radius 1 is 1.42 bits per heavy atom. The summed E-state index contributed by atoms with van der Waals surface area (Å²) in [6, 6.07) is 2.87. The van der Waals surface area contributed by atoms with Crippen LogP contribution in [0.25, 0.3) is 0 Å². The van der Waals surface area contributed by atoms with Gasteiger partial charge in [-0.05, 0) is 18.9 Å². The molecule has 1 saturated heterocycles. The molecule has 0 radical (unpaired) electrons. The fourth-order valence-corrected chi connectivity index (χ4v) is 2.33. The van der Waals surface area contributed by atoms with E-state index in [1.807, 2.05) is 6.07 Å². The van der Waals surface area contributed by atoms with Crippen LogP contribution in [-0.4, -0.2) is 33.6 Å². The average molecular weight is 260 g/mol. The third-order valence-corrected chi connectivity index (χ3v) is 3.30. The van der Waals surface area contributed by atoms with Gasteiger partial charge in [-0.25, -0.2) is 14.8 Å². The predicted octanol–water partition coefficient (Wildman–Crippen LogP) is 1.57. The van der Waals surface area contributed by atoms with E-state index in [0.717, 1.165) is 25.7 Å². The van der Waals surface area contributed by atoms with Crippen LogP contribution >= 0.6 is 0 Å². The molecule has 100 valence electrons. The molecule has 1 aliphatic rings. The van der Waals surface area contributed by atoms with E-state index in [9.17, 15) is 9.90 Å². The van der Waals surface area contributed by atoms with Crippen LogP contribution in [-0.2, 0) is 4.79 Å². The summed E-state index contributed by atoms with van der Waals surface area (Å²) in [5.41, 5.74) is 0.260. The Labute approximate surface area is 111 Å². The highest BCUT2D eigenvalue weighted by atomic mass is 16.4. The Morgan fingerprint density at radius 3 is 2.95 bits per heavy atom. The lowest BCUT2D eigenvalue weighted by molar-refractivity contribution is -0.138. The van der Waals surface area contributed by atoms with Gasteiger partial charge in [0.1, 0.15) is 17.8 Å². The molecule has 1 aromatic heterocycles. The Balaban J connectivity index is 2.30. The zero-order valence-corrected chi connectivity index (χ0v) is 10.6. The van der Waals surface area contributed by atoms with Crippen LogP contribution in [0.4, 0.5) is 5.95 Å².